The maximum absolute atomic E-state index is 12.3. The largest absolute Gasteiger partial charge is 0.497 e. The lowest BCUT2D eigenvalue weighted by atomic mass is 10.2. The van der Waals surface area contributed by atoms with Gasteiger partial charge in [-0.15, -0.1) is 5.10 Å². The van der Waals surface area contributed by atoms with Crippen LogP contribution in [0.4, 0.5) is 5.69 Å². The molecule has 2 aromatic carbocycles. The Labute approximate surface area is 162 Å². The minimum absolute atomic E-state index is 0.260. The van der Waals surface area contributed by atoms with Gasteiger partial charge in [-0.05, 0) is 29.8 Å². The molecule has 0 atom stereocenters. The Balaban J connectivity index is 1.47. The number of aromatic nitrogens is 3. The molecular formula is C19H20ClN5O2. The lowest BCUT2D eigenvalue weighted by Crippen LogP contribution is -2.19. The first kappa shape index (κ1) is 18.9. The molecule has 3 aromatic rings. The summed E-state index contributed by atoms with van der Waals surface area (Å²) in [6.07, 6.45) is 1.62. The normalized spacial score (nSPS) is 10.6. The number of hydrogen-bond acceptors (Lipinski definition) is 5. The Hall–Kier alpha value is -2.90. The summed E-state index contributed by atoms with van der Waals surface area (Å²) >= 11 is 5.87. The molecule has 0 radical (unpaired) electrons. The number of halogens is 1. The molecule has 0 saturated carbocycles. The maximum atomic E-state index is 12.3. The molecule has 27 heavy (non-hydrogen) atoms. The van der Waals surface area contributed by atoms with E-state index in [-0.39, 0.29) is 11.6 Å². The first-order valence-electron chi connectivity index (χ1n) is 8.45. The molecule has 0 fully saturated rings. The van der Waals surface area contributed by atoms with Gasteiger partial charge in [-0.25, -0.2) is 0 Å². The summed E-state index contributed by atoms with van der Waals surface area (Å²) in [6.45, 7) is 2.03. The molecule has 0 saturated heterocycles. The molecule has 0 aliphatic heterocycles. The van der Waals surface area contributed by atoms with E-state index in [0.717, 1.165) is 17.1 Å². The highest BCUT2D eigenvalue weighted by atomic mass is 35.5. The second-order valence-corrected chi connectivity index (χ2v) is 6.29. The van der Waals surface area contributed by atoms with Crippen molar-refractivity contribution in [2.24, 2.45) is 0 Å². The fourth-order valence-corrected chi connectivity index (χ4v) is 2.56. The van der Waals surface area contributed by atoms with Gasteiger partial charge in [-0.1, -0.05) is 35.0 Å². The van der Waals surface area contributed by atoms with Gasteiger partial charge in [0.05, 0.1) is 19.9 Å². The minimum atomic E-state index is -0.316. The van der Waals surface area contributed by atoms with Crippen molar-refractivity contribution in [2.75, 3.05) is 19.0 Å². The summed E-state index contributed by atoms with van der Waals surface area (Å²) in [5, 5.41) is 14.7. The van der Waals surface area contributed by atoms with E-state index in [0.29, 0.717) is 24.5 Å². The highest BCUT2D eigenvalue weighted by molar-refractivity contribution is 6.30. The third-order valence-electron chi connectivity index (χ3n) is 3.86. The third kappa shape index (κ3) is 5.54. The predicted octanol–water partition coefficient (Wildman–Crippen LogP) is 2.98. The average molecular weight is 386 g/mol. The van der Waals surface area contributed by atoms with Gasteiger partial charge in [0, 0.05) is 29.9 Å². The summed E-state index contributed by atoms with van der Waals surface area (Å²) in [5.74, 6) is 0.354. The van der Waals surface area contributed by atoms with Crippen molar-refractivity contribution < 1.29 is 9.53 Å². The number of anilines is 1. The van der Waals surface area contributed by atoms with Crippen molar-refractivity contribution in [3.05, 3.63) is 71.0 Å². The number of amides is 1. The first-order chi connectivity index (χ1) is 13.1. The number of methoxy groups -OCH3 is 1. The molecule has 1 heterocycles. The van der Waals surface area contributed by atoms with E-state index in [1.165, 1.54) is 0 Å². The first-order valence-corrected chi connectivity index (χ1v) is 8.82. The molecule has 0 spiro atoms. The summed E-state index contributed by atoms with van der Waals surface area (Å²) in [5.41, 5.74) is 2.05. The monoisotopic (exact) mass is 385 g/mol. The van der Waals surface area contributed by atoms with Crippen LogP contribution in [0.5, 0.6) is 5.75 Å². The number of ether oxygens (including phenoxy) is 1. The Morgan fingerprint density at radius 3 is 2.81 bits per heavy atom. The van der Waals surface area contributed by atoms with Crippen molar-refractivity contribution >= 4 is 23.2 Å². The quantitative estimate of drug-likeness (QED) is 0.582. The van der Waals surface area contributed by atoms with Crippen LogP contribution in [0.3, 0.4) is 0 Å². The van der Waals surface area contributed by atoms with Crippen LogP contribution in [0.25, 0.3) is 0 Å². The van der Waals surface area contributed by atoms with Crippen LogP contribution in [0.2, 0.25) is 5.02 Å². The molecule has 3 rings (SSSR count). The molecule has 0 unspecified atom stereocenters. The highest BCUT2D eigenvalue weighted by Crippen LogP contribution is 2.17. The zero-order chi connectivity index (χ0) is 19.1. The highest BCUT2D eigenvalue weighted by Gasteiger charge is 2.11. The molecule has 0 aliphatic rings. The van der Waals surface area contributed by atoms with Crippen molar-refractivity contribution in [1.82, 2.24) is 20.3 Å². The van der Waals surface area contributed by atoms with Gasteiger partial charge in [0.2, 0.25) is 0 Å². The number of hydrogen-bond donors (Lipinski definition) is 2. The van der Waals surface area contributed by atoms with Gasteiger partial charge in [-0.3, -0.25) is 9.48 Å². The fourth-order valence-electron chi connectivity index (χ4n) is 2.44. The Morgan fingerprint density at radius 1 is 1.22 bits per heavy atom. The van der Waals surface area contributed by atoms with Gasteiger partial charge < -0.3 is 15.4 Å². The Kier molecular flexibility index (Phi) is 6.40. The fraction of sp³-hybridized carbons (Fsp3) is 0.211. The number of carbonyl (C=O) groups is 1. The Morgan fingerprint density at radius 2 is 2.04 bits per heavy atom. The van der Waals surface area contributed by atoms with Gasteiger partial charge in [0.1, 0.15) is 5.75 Å². The number of benzene rings is 2. The van der Waals surface area contributed by atoms with Crippen LogP contribution in [0.15, 0.2) is 54.7 Å². The Bertz CT molecular complexity index is 895. The topological polar surface area (TPSA) is 81.1 Å². The zero-order valence-corrected chi connectivity index (χ0v) is 15.6. The van der Waals surface area contributed by atoms with Crippen LogP contribution < -0.4 is 15.4 Å². The SMILES string of the molecule is COc1cccc(NC(=O)c2cn(CCNCc3ccc(Cl)cc3)nn2)c1. The van der Waals surface area contributed by atoms with Gasteiger partial charge in [0.25, 0.3) is 5.91 Å². The van der Waals surface area contributed by atoms with Gasteiger partial charge in [0.15, 0.2) is 5.69 Å². The molecule has 140 valence electrons. The smallest absolute Gasteiger partial charge is 0.277 e. The molecule has 2 N–H and O–H groups in total. The van der Waals surface area contributed by atoms with Crippen molar-refractivity contribution in [3.8, 4) is 5.75 Å². The van der Waals surface area contributed by atoms with Crippen molar-refractivity contribution in [1.29, 1.82) is 0 Å². The summed E-state index contributed by atoms with van der Waals surface area (Å²) < 4.78 is 6.78. The second-order valence-electron chi connectivity index (χ2n) is 5.86. The molecule has 8 heteroatoms. The van der Waals surface area contributed by atoms with Crippen LogP contribution in [-0.4, -0.2) is 34.6 Å². The van der Waals surface area contributed by atoms with Crippen LogP contribution in [-0.2, 0) is 13.1 Å². The molecule has 1 aromatic heterocycles. The second kappa shape index (κ2) is 9.16. The average Bonchev–Trinajstić information content (AvgIpc) is 3.16. The molecule has 1 amide bonds. The number of carbonyl (C=O) groups excluding carboxylic acids is 1. The number of nitrogens with zero attached hydrogens (tertiary/aromatic N) is 3. The lowest BCUT2D eigenvalue weighted by molar-refractivity contribution is 0.102. The molecule has 7 nitrogen and oxygen atoms in total. The van der Waals surface area contributed by atoms with E-state index >= 15 is 0 Å². The summed E-state index contributed by atoms with van der Waals surface area (Å²) in [7, 11) is 1.58. The van der Waals surface area contributed by atoms with E-state index < -0.39 is 0 Å². The minimum Gasteiger partial charge on any atom is -0.497 e. The third-order valence-corrected chi connectivity index (χ3v) is 4.11. The number of nitrogens with one attached hydrogen (secondary N) is 2. The van der Waals surface area contributed by atoms with E-state index in [1.807, 2.05) is 30.3 Å². The van der Waals surface area contributed by atoms with Crippen LogP contribution in [0, 0.1) is 0 Å². The van der Waals surface area contributed by atoms with E-state index in [2.05, 4.69) is 20.9 Å². The van der Waals surface area contributed by atoms with Crippen LogP contribution >= 0.6 is 11.6 Å². The zero-order valence-electron chi connectivity index (χ0n) is 14.9. The predicted molar refractivity (Wildman–Crippen MR) is 104 cm³/mol. The van der Waals surface area contributed by atoms with Gasteiger partial charge in [-0.2, -0.15) is 0 Å². The summed E-state index contributed by atoms with van der Waals surface area (Å²) in [4.78, 5) is 12.3. The maximum Gasteiger partial charge on any atom is 0.277 e. The van der Waals surface area contributed by atoms with Crippen molar-refractivity contribution in [3.63, 3.8) is 0 Å². The van der Waals surface area contributed by atoms with E-state index in [9.17, 15) is 4.79 Å². The van der Waals surface area contributed by atoms with Crippen LogP contribution in [0.1, 0.15) is 16.1 Å². The standard InChI is InChI=1S/C19H20ClN5O2/c1-27-17-4-2-3-16(11-17)22-19(26)18-13-25(24-23-18)10-9-21-12-14-5-7-15(20)8-6-14/h2-8,11,13,21H,9-10,12H2,1H3,(H,22,26). The molecule has 0 aliphatic carbocycles. The van der Waals surface area contributed by atoms with Gasteiger partial charge >= 0.3 is 0 Å². The van der Waals surface area contributed by atoms with E-state index in [4.69, 9.17) is 16.3 Å². The van der Waals surface area contributed by atoms with E-state index in [1.54, 1.807) is 36.2 Å². The lowest BCUT2D eigenvalue weighted by Gasteiger charge is -2.05. The molecular weight excluding hydrogens is 366 g/mol. The molecule has 0 bridgehead atoms. The van der Waals surface area contributed by atoms with Crippen molar-refractivity contribution in [2.45, 2.75) is 13.1 Å². The summed E-state index contributed by atoms with van der Waals surface area (Å²) in [6, 6.07) is 14.8. The number of rotatable bonds is 8.